The summed E-state index contributed by atoms with van der Waals surface area (Å²) in [7, 11) is 1.63. The van der Waals surface area contributed by atoms with E-state index in [1.165, 1.54) is 0 Å². The van der Waals surface area contributed by atoms with Crippen molar-refractivity contribution in [3.8, 4) is 11.1 Å². The number of aromatic nitrogens is 2. The Morgan fingerprint density at radius 2 is 2.04 bits per heavy atom. The number of nitrogens with one attached hydrogen (secondary N) is 1. The minimum absolute atomic E-state index is 0.359. The van der Waals surface area contributed by atoms with E-state index in [1.54, 1.807) is 25.4 Å². The highest BCUT2D eigenvalue weighted by Crippen LogP contribution is 2.36. The van der Waals surface area contributed by atoms with E-state index < -0.39 is 6.10 Å². The molecule has 0 amide bonds. The van der Waals surface area contributed by atoms with Crippen molar-refractivity contribution in [1.29, 1.82) is 0 Å². The Kier molecular flexibility index (Phi) is 4.85. The molecule has 0 spiro atoms. The summed E-state index contributed by atoms with van der Waals surface area (Å²) in [5.41, 5.74) is 2.23. The number of thiophene rings is 1. The number of aliphatic hydroxyl groups is 1. The van der Waals surface area contributed by atoms with Gasteiger partial charge in [-0.15, -0.1) is 11.3 Å². The van der Waals surface area contributed by atoms with E-state index in [-0.39, 0.29) is 0 Å². The fraction of sp³-hybridized carbons (Fsp3) is 0.294. The van der Waals surface area contributed by atoms with Crippen molar-refractivity contribution in [3.05, 3.63) is 41.5 Å². The molecule has 5 nitrogen and oxygen atoms in total. The van der Waals surface area contributed by atoms with Gasteiger partial charge in [-0.3, -0.25) is 0 Å². The van der Waals surface area contributed by atoms with Gasteiger partial charge in [0.2, 0.25) is 0 Å². The lowest BCUT2D eigenvalue weighted by Gasteiger charge is -2.11. The van der Waals surface area contributed by atoms with Gasteiger partial charge in [0.05, 0.1) is 11.5 Å². The van der Waals surface area contributed by atoms with Crippen molar-refractivity contribution in [1.82, 2.24) is 9.97 Å². The molecule has 0 aliphatic carbocycles. The molecule has 2 aromatic heterocycles. The minimum atomic E-state index is -0.454. The predicted molar refractivity (Wildman–Crippen MR) is 93.7 cm³/mol. The number of aliphatic hydroxyl groups excluding tert-OH is 1. The summed E-state index contributed by atoms with van der Waals surface area (Å²) in [5.74, 6) is 1.37. The first-order valence-corrected chi connectivity index (χ1v) is 8.31. The lowest BCUT2D eigenvalue weighted by molar-refractivity contribution is 0.178. The number of ether oxygens (including phenoxy) is 1. The number of hydrogen-bond donors (Lipinski definition) is 2. The largest absolute Gasteiger partial charge is 0.392 e. The number of hydrogen-bond acceptors (Lipinski definition) is 6. The van der Waals surface area contributed by atoms with Crippen LogP contribution in [0.25, 0.3) is 21.3 Å². The van der Waals surface area contributed by atoms with Crippen LogP contribution in [0.15, 0.2) is 35.7 Å². The molecular weight excluding hydrogens is 310 g/mol. The molecule has 120 valence electrons. The molecule has 6 heteroatoms. The van der Waals surface area contributed by atoms with Crippen molar-refractivity contribution in [2.45, 2.75) is 19.6 Å². The molecule has 0 radical (unpaired) electrons. The second-order valence-corrected chi connectivity index (χ2v) is 6.21. The van der Waals surface area contributed by atoms with Gasteiger partial charge in [-0.2, -0.15) is 0 Å². The maximum Gasteiger partial charge on any atom is 0.158 e. The van der Waals surface area contributed by atoms with Crippen LogP contribution < -0.4 is 5.32 Å². The number of anilines is 1. The maximum atomic E-state index is 9.57. The molecule has 2 heterocycles. The van der Waals surface area contributed by atoms with E-state index in [4.69, 9.17) is 4.74 Å². The van der Waals surface area contributed by atoms with Gasteiger partial charge in [0, 0.05) is 24.6 Å². The zero-order valence-corrected chi connectivity index (χ0v) is 13.9. The first-order chi connectivity index (χ1) is 11.2. The molecule has 0 fully saturated rings. The van der Waals surface area contributed by atoms with Crippen LogP contribution in [-0.2, 0) is 11.3 Å². The topological polar surface area (TPSA) is 67.3 Å². The molecule has 3 aromatic rings. The lowest BCUT2D eigenvalue weighted by atomic mass is 10.1. The van der Waals surface area contributed by atoms with E-state index in [0.29, 0.717) is 19.0 Å². The lowest BCUT2D eigenvalue weighted by Crippen LogP contribution is -2.17. The molecule has 0 aliphatic heterocycles. The summed E-state index contributed by atoms with van der Waals surface area (Å²) in [6.45, 7) is 2.54. The smallest absolute Gasteiger partial charge is 0.158 e. The van der Waals surface area contributed by atoms with Gasteiger partial charge < -0.3 is 15.2 Å². The molecule has 0 unspecified atom stereocenters. The van der Waals surface area contributed by atoms with Crippen molar-refractivity contribution >= 4 is 27.4 Å². The summed E-state index contributed by atoms with van der Waals surface area (Å²) < 4.78 is 5.15. The van der Waals surface area contributed by atoms with Gasteiger partial charge in [-0.1, -0.05) is 30.3 Å². The van der Waals surface area contributed by atoms with Crippen molar-refractivity contribution in [3.63, 3.8) is 0 Å². The maximum absolute atomic E-state index is 9.57. The highest BCUT2D eigenvalue weighted by atomic mass is 32.1. The standard InChI is InChI=1S/C17H19N3O2S/c1-11(21)8-18-16-15-13(12-6-4-3-5-7-12)10-23-17(15)20-14(19-16)9-22-2/h3-7,10-11,21H,8-9H2,1-2H3,(H,18,19,20)/t11-/m0/s1. The molecule has 1 atom stereocenters. The van der Waals surface area contributed by atoms with Crippen LogP contribution in [0.5, 0.6) is 0 Å². The first-order valence-electron chi connectivity index (χ1n) is 7.43. The first kappa shape index (κ1) is 15.9. The predicted octanol–water partition coefficient (Wildman–Crippen LogP) is 3.30. The Morgan fingerprint density at radius 3 is 2.74 bits per heavy atom. The molecule has 2 N–H and O–H groups in total. The van der Waals surface area contributed by atoms with Crippen LogP contribution in [0.2, 0.25) is 0 Å². The van der Waals surface area contributed by atoms with Crippen LogP contribution in [0.3, 0.4) is 0 Å². The van der Waals surface area contributed by atoms with Gasteiger partial charge >= 0.3 is 0 Å². The van der Waals surface area contributed by atoms with Crippen molar-refractivity contribution in [2.75, 3.05) is 19.0 Å². The van der Waals surface area contributed by atoms with E-state index in [2.05, 4.69) is 32.8 Å². The molecular formula is C17H19N3O2S. The van der Waals surface area contributed by atoms with Crippen LogP contribution in [0, 0.1) is 0 Å². The summed E-state index contributed by atoms with van der Waals surface area (Å²) in [5, 5.41) is 15.9. The molecule has 23 heavy (non-hydrogen) atoms. The Balaban J connectivity index is 2.12. The Morgan fingerprint density at radius 1 is 1.26 bits per heavy atom. The Bertz CT molecular complexity index is 787. The summed E-state index contributed by atoms with van der Waals surface area (Å²) in [6, 6.07) is 10.2. The number of methoxy groups -OCH3 is 1. The van der Waals surface area contributed by atoms with E-state index in [9.17, 15) is 5.11 Å². The van der Waals surface area contributed by atoms with Crippen molar-refractivity contribution < 1.29 is 9.84 Å². The van der Waals surface area contributed by atoms with Gasteiger partial charge in [-0.25, -0.2) is 9.97 Å². The minimum Gasteiger partial charge on any atom is -0.392 e. The van der Waals surface area contributed by atoms with Gasteiger partial charge in [0.15, 0.2) is 5.82 Å². The number of benzene rings is 1. The SMILES string of the molecule is COCc1nc(NC[C@H](C)O)c2c(-c3ccccc3)csc2n1. The summed E-state index contributed by atoms with van der Waals surface area (Å²) >= 11 is 1.59. The van der Waals surface area contributed by atoms with E-state index in [0.717, 1.165) is 27.2 Å². The van der Waals surface area contributed by atoms with E-state index in [1.807, 2.05) is 18.2 Å². The quantitative estimate of drug-likeness (QED) is 0.726. The fourth-order valence-corrected chi connectivity index (χ4v) is 3.35. The Hall–Kier alpha value is -2.02. The summed E-state index contributed by atoms with van der Waals surface area (Å²) in [6.07, 6.45) is -0.454. The molecule has 3 rings (SSSR count). The highest BCUT2D eigenvalue weighted by molar-refractivity contribution is 7.17. The second kappa shape index (κ2) is 7.04. The number of fused-ring (bicyclic) bond motifs is 1. The van der Waals surface area contributed by atoms with Crippen LogP contribution >= 0.6 is 11.3 Å². The third-order valence-electron chi connectivity index (χ3n) is 3.40. The monoisotopic (exact) mass is 329 g/mol. The molecule has 0 saturated heterocycles. The molecule has 0 bridgehead atoms. The van der Waals surface area contributed by atoms with Gasteiger partial charge in [0.25, 0.3) is 0 Å². The third-order valence-corrected chi connectivity index (χ3v) is 4.28. The fourth-order valence-electron chi connectivity index (χ4n) is 2.38. The van der Waals surface area contributed by atoms with Gasteiger partial charge in [-0.05, 0) is 12.5 Å². The van der Waals surface area contributed by atoms with Crippen LogP contribution in [-0.4, -0.2) is 34.8 Å². The van der Waals surface area contributed by atoms with Crippen molar-refractivity contribution in [2.24, 2.45) is 0 Å². The van der Waals surface area contributed by atoms with Gasteiger partial charge in [0.1, 0.15) is 17.3 Å². The zero-order chi connectivity index (χ0) is 16.2. The summed E-state index contributed by atoms with van der Waals surface area (Å²) in [4.78, 5) is 10.1. The zero-order valence-electron chi connectivity index (χ0n) is 13.1. The van der Waals surface area contributed by atoms with Crippen LogP contribution in [0.4, 0.5) is 5.82 Å². The Labute approximate surface area is 139 Å². The second-order valence-electron chi connectivity index (χ2n) is 5.35. The molecule has 1 aromatic carbocycles. The van der Waals surface area contributed by atoms with E-state index >= 15 is 0 Å². The number of nitrogens with zero attached hydrogens (tertiary/aromatic N) is 2. The molecule has 0 aliphatic rings. The number of rotatable bonds is 6. The third kappa shape index (κ3) is 3.50. The average Bonchev–Trinajstić information content (AvgIpc) is 2.98. The normalized spacial score (nSPS) is 12.5. The molecule has 0 saturated carbocycles. The van der Waals surface area contributed by atoms with Crippen LogP contribution in [0.1, 0.15) is 12.7 Å². The highest BCUT2D eigenvalue weighted by Gasteiger charge is 2.15. The average molecular weight is 329 g/mol.